The predicted molar refractivity (Wildman–Crippen MR) is 95.2 cm³/mol. The van der Waals surface area contributed by atoms with Gasteiger partial charge in [0.1, 0.15) is 18.0 Å². The standard InChI is InChI=1S/C18H13FN4S/c1-10-6-11(19)2-3-12(10)15-8-24-17-13(4-5-22-16(15)17)14-7-21-9-23-18(14)20/h2-9H,1H3,(H2,20,21,23). The lowest BCUT2D eigenvalue weighted by atomic mass is 10.0. The molecule has 1 aromatic carbocycles. The van der Waals surface area contributed by atoms with E-state index in [1.54, 1.807) is 29.8 Å². The number of rotatable bonds is 2. The van der Waals surface area contributed by atoms with E-state index in [0.717, 1.165) is 38.0 Å². The summed E-state index contributed by atoms with van der Waals surface area (Å²) in [6.07, 6.45) is 4.89. The van der Waals surface area contributed by atoms with E-state index in [1.807, 2.05) is 18.4 Å². The number of hydrogen-bond donors (Lipinski definition) is 1. The fraction of sp³-hybridized carbons (Fsp3) is 0.0556. The first-order valence-electron chi connectivity index (χ1n) is 7.33. The molecule has 0 bridgehead atoms. The molecule has 0 atom stereocenters. The molecule has 0 aliphatic rings. The van der Waals surface area contributed by atoms with E-state index in [-0.39, 0.29) is 5.82 Å². The molecule has 2 N–H and O–H groups in total. The second-order valence-electron chi connectivity index (χ2n) is 5.47. The van der Waals surface area contributed by atoms with Gasteiger partial charge in [0, 0.05) is 34.5 Å². The summed E-state index contributed by atoms with van der Waals surface area (Å²) in [5.74, 6) is 0.198. The molecule has 0 spiro atoms. The normalized spacial score (nSPS) is 11.1. The van der Waals surface area contributed by atoms with Gasteiger partial charge in [-0.05, 0) is 36.2 Å². The van der Waals surface area contributed by atoms with Crippen LogP contribution in [-0.4, -0.2) is 15.0 Å². The average Bonchev–Trinajstić information content (AvgIpc) is 2.99. The van der Waals surface area contributed by atoms with Crippen LogP contribution in [0.25, 0.3) is 32.5 Å². The Balaban J connectivity index is 1.96. The highest BCUT2D eigenvalue weighted by atomic mass is 32.1. The van der Waals surface area contributed by atoms with Gasteiger partial charge in [-0.1, -0.05) is 6.07 Å². The summed E-state index contributed by atoms with van der Waals surface area (Å²) in [6, 6.07) is 6.71. The van der Waals surface area contributed by atoms with Gasteiger partial charge in [-0.3, -0.25) is 4.98 Å². The maximum Gasteiger partial charge on any atom is 0.134 e. The molecular weight excluding hydrogens is 323 g/mol. The molecule has 0 aliphatic carbocycles. The quantitative estimate of drug-likeness (QED) is 0.587. The summed E-state index contributed by atoms with van der Waals surface area (Å²) >= 11 is 1.58. The van der Waals surface area contributed by atoms with Gasteiger partial charge >= 0.3 is 0 Å². The van der Waals surface area contributed by atoms with Gasteiger partial charge < -0.3 is 5.73 Å². The van der Waals surface area contributed by atoms with E-state index >= 15 is 0 Å². The van der Waals surface area contributed by atoms with Gasteiger partial charge in [0.25, 0.3) is 0 Å². The predicted octanol–water partition coefficient (Wildman–Crippen LogP) is 4.45. The van der Waals surface area contributed by atoms with E-state index in [1.165, 1.54) is 18.5 Å². The zero-order valence-electron chi connectivity index (χ0n) is 12.8. The Bertz CT molecular complexity index is 1060. The van der Waals surface area contributed by atoms with Gasteiger partial charge in [-0.15, -0.1) is 11.3 Å². The first-order valence-corrected chi connectivity index (χ1v) is 8.21. The molecule has 0 saturated heterocycles. The SMILES string of the molecule is Cc1cc(F)ccc1-c1csc2c(-c3cncnc3N)ccnc12. The molecule has 4 aromatic rings. The Kier molecular flexibility index (Phi) is 3.46. The number of hydrogen-bond acceptors (Lipinski definition) is 5. The minimum absolute atomic E-state index is 0.237. The topological polar surface area (TPSA) is 64.7 Å². The summed E-state index contributed by atoms with van der Waals surface area (Å²) in [5.41, 5.74) is 11.4. The van der Waals surface area contributed by atoms with Crippen LogP contribution >= 0.6 is 11.3 Å². The van der Waals surface area contributed by atoms with Crippen molar-refractivity contribution in [2.24, 2.45) is 0 Å². The Morgan fingerprint density at radius 3 is 2.71 bits per heavy atom. The van der Waals surface area contributed by atoms with Crippen LogP contribution in [-0.2, 0) is 0 Å². The van der Waals surface area contributed by atoms with Gasteiger partial charge in [0.2, 0.25) is 0 Å². The second-order valence-corrected chi connectivity index (χ2v) is 6.35. The number of halogens is 1. The van der Waals surface area contributed by atoms with E-state index in [9.17, 15) is 4.39 Å². The molecule has 0 aliphatic heterocycles. The number of nitrogens with two attached hydrogens (primary N) is 1. The van der Waals surface area contributed by atoms with Crippen LogP contribution in [0.4, 0.5) is 10.2 Å². The maximum atomic E-state index is 13.4. The molecule has 0 saturated carbocycles. The average molecular weight is 336 g/mol. The fourth-order valence-corrected chi connectivity index (χ4v) is 3.87. The van der Waals surface area contributed by atoms with Crippen molar-refractivity contribution in [3.63, 3.8) is 0 Å². The molecule has 0 fully saturated rings. The molecule has 0 amide bonds. The highest BCUT2D eigenvalue weighted by Crippen LogP contribution is 2.40. The third-order valence-electron chi connectivity index (χ3n) is 3.97. The van der Waals surface area contributed by atoms with Gasteiger partial charge in [-0.25, -0.2) is 14.4 Å². The Morgan fingerprint density at radius 2 is 1.92 bits per heavy atom. The van der Waals surface area contributed by atoms with Crippen LogP contribution in [0, 0.1) is 12.7 Å². The zero-order chi connectivity index (χ0) is 16.7. The molecule has 4 nitrogen and oxygen atoms in total. The highest BCUT2D eigenvalue weighted by Gasteiger charge is 2.15. The van der Waals surface area contributed by atoms with Crippen molar-refractivity contribution in [2.45, 2.75) is 6.92 Å². The van der Waals surface area contributed by atoms with Crippen molar-refractivity contribution in [1.82, 2.24) is 15.0 Å². The monoisotopic (exact) mass is 336 g/mol. The molecule has 6 heteroatoms. The van der Waals surface area contributed by atoms with Crippen LogP contribution in [0.1, 0.15) is 5.56 Å². The third-order valence-corrected chi connectivity index (χ3v) is 4.97. The van der Waals surface area contributed by atoms with Crippen molar-refractivity contribution >= 4 is 27.4 Å². The van der Waals surface area contributed by atoms with Gasteiger partial charge in [-0.2, -0.15) is 0 Å². The Hall–Kier alpha value is -2.86. The van der Waals surface area contributed by atoms with Crippen molar-refractivity contribution < 1.29 is 4.39 Å². The van der Waals surface area contributed by atoms with Crippen molar-refractivity contribution in [3.05, 3.63) is 59.7 Å². The third kappa shape index (κ3) is 2.32. The summed E-state index contributed by atoms with van der Waals surface area (Å²) < 4.78 is 14.4. The minimum Gasteiger partial charge on any atom is -0.383 e. The van der Waals surface area contributed by atoms with Crippen molar-refractivity contribution in [2.75, 3.05) is 5.73 Å². The number of nitrogens with zero attached hydrogens (tertiary/aromatic N) is 3. The van der Waals surface area contributed by atoms with Crippen LogP contribution in [0.15, 0.2) is 48.4 Å². The molecule has 0 radical (unpaired) electrons. The van der Waals surface area contributed by atoms with Crippen molar-refractivity contribution in [1.29, 1.82) is 0 Å². The van der Waals surface area contributed by atoms with Crippen LogP contribution < -0.4 is 5.73 Å². The second kappa shape index (κ2) is 5.65. The lowest BCUT2D eigenvalue weighted by molar-refractivity contribution is 0.627. The largest absolute Gasteiger partial charge is 0.383 e. The van der Waals surface area contributed by atoms with E-state index in [2.05, 4.69) is 15.0 Å². The Labute approximate surface area is 141 Å². The zero-order valence-corrected chi connectivity index (χ0v) is 13.6. The van der Waals surface area contributed by atoms with Crippen LogP contribution in [0.3, 0.4) is 0 Å². The number of benzene rings is 1. The van der Waals surface area contributed by atoms with Crippen LogP contribution in [0.2, 0.25) is 0 Å². The first-order chi connectivity index (χ1) is 11.6. The maximum absolute atomic E-state index is 13.4. The summed E-state index contributed by atoms with van der Waals surface area (Å²) in [6.45, 7) is 1.90. The smallest absolute Gasteiger partial charge is 0.134 e. The number of aromatic nitrogens is 3. The first kappa shape index (κ1) is 14.7. The molecule has 3 heterocycles. The number of aryl methyl sites for hydroxylation is 1. The Morgan fingerprint density at radius 1 is 1.04 bits per heavy atom. The highest BCUT2D eigenvalue weighted by molar-refractivity contribution is 7.18. The summed E-state index contributed by atoms with van der Waals surface area (Å²) in [7, 11) is 0. The fourth-order valence-electron chi connectivity index (χ4n) is 2.81. The molecule has 4 rings (SSSR count). The van der Waals surface area contributed by atoms with Crippen LogP contribution in [0.5, 0.6) is 0 Å². The number of anilines is 1. The molecular formula is C18H13FN4S. The minimum atomic E-state index is -0.237. The lowest BCUT2D eigenvalue weighted by Crippen LogP contribution is -1.95. The molecule has 3 aromatic heterocycles. The van der Waals surface area contributed by atoms with Gasteiger partial charge in [0.15, 0.2) is 0 Å². The van der Waals surface area contributed by atoms with Crippen molar-refractivity contribution in [3.8, 4) is 22.3 Å². The molecule has 24 heavy (non-hydrogen) atoms. The number of pyridine rings is 1. The summed E-state index contributed by atoms with van der Waals surface area (Å²) in [5, 5.41) is 2.04. The lowest BCUT2D eigenvalue weighted by Gasteiger charge is -2.07. The number of thiophene rings is 1. The molecule has 118 valence electrons. The number of nitrogen functional groups attached to an aromatic ring is 1. The molecule has 0 unspecified atom stereocenters. The van der Waals surface area contributed by atoms with Gasteiger partial charge in [0.05, 0.1) is 10.2 Å². The summed E-state index contributed by atoms with van der Waals surface area (Å²) in [4.78, 5) is 12.7. The number of fused-ring (bicyclic) bond motifs is 1. The van der Waals surface area contributed by atoms with E-state index in [4.69, 9.17) is 5.73 Å². The van der Waals surface area contributed by atoms with E-state index < -0.39 is 0 Å². The van der Waals surface area contributed by atoms with E-state index in [0.29, 0.717) is 5.82 Å².